The highest BCUT2D eigenvalue weighted by atomic mass is 16.6. The second kappa shape index (κ2) is 8.24. The van der Waals surface area contributed by atoms with E-state index in [1.165, 1.54) is 0 Å². The van der Waals surface area contributed by atoms with E-state index in [1.807, 2.05) is 38.1 Å². The van der Waals surface area contributed by atoms with Crippen LogP contribution in [0.1, 0.15) is 23.9 Å². The maximum absolute atomic E-state index is 12.6. The average Bonchev–Trinajstić information content (AvgIpc) is 3.02. The maximum atomic E-state index is 12.6. The number of ether oxygens (including phenoxy) is 1. The van der Waals surface area contributed by atoms with E-state index in [0.717, 1.165) is 11.1 Å². The summed E-state index contributed by atoms with van der Waals surface area (Å²) in [7, 11) is 0. The van der Waals surface area contributed by atoms with Crippen molar-refractivity contribution in [3.8, 4) is 11.5 Å². The summed E-state index contributed by atoms with van der Waals surface area (Å²) < 4.78 is 10.8. The summed E-state index contributed by atoms with van der Waals surface area (Å²) in [6, 6.07) is 7.92. The largest absolute Gasteiger partial charge is 0.450 e. The second-order valence-corrected chi connectivity index (χ2v) is 6.63. The highest BCUT2D eigenvalue weighted by molar-refractivity contribution is 5.79. The summed E-state index contributed by atoms with van der Waals surface area (Å²) in [5.74, 6) is 1.18. The van der Waals surface area contributed by atoms with Crippen molar-refractivity contribution in [2.75, 3.05) is 32.8 Å². The van der Waals surface area contributed by atoms with E-state index in [0.29, 0.717) is 50.1 Å². The summed E-state index contributed by atoms with van der Waals surface area (Å²) in [6.07, 6.45) is -0.125. The van der Waals surface area contributed by atoms with Gasteiger partial charge in [0.15, 0.2) is 0 Å². The number of aromatic nitrogens is 1. The van der Waals surface area contributed by atoms with Crippen LogP contribution in [0.4, 0.5) is 4.79 Å². The van der Waals surface area contributed by atoms with Gasteiger partial charge in [-0.05, 0) is 32.9 Å². The molecular weight excluding hydrogens is 346 g/mol. The lowest BCUT2D eigenvalue weighted by atomic mass is 10.1. The van der Waals surface area contributed by atoms with E-state index in [1.54, 1.807) is 16.7 Å². The van der Waals surface area contributed by atoms with Gasteiger partial charge in [-0.3, -0.25) is 4.79 Å². The van der Waals surface area contributed by atoms with Crippen LogP contribution in [0.25, 0.3) is 11.5 Å². The van der Waals surface area contributed by atoms with Crippen molar-refractivity contribution >= 4 is 12.0 Å². The Morgan fingerprint density at radius 1 is 1.15 bits per heavy atom. The van der Waals surface area contributed by atoms with Gasteiger partial charge in [-0.2, -0.15) is 0 Å². The van der Waals surface area contributed by atoms with Gasteiger partial charge in [0, 0.05) is 31.7 Å². The van der Waals surface area contributed by atoms with Crippen LogP contribution in [0, 0.1) is 13.8 Å². The summed E-state index contributed by atoms with van der Waals surface area (Å²) in [6.45, 7) is 7.94. The minimum atomic E-state index is -0.320. The lowest BCUT2D eigenvalue weighted by Gasteiger charge is -2.34. The predicted octanol–water partition coefficient (Wildman–Crippen LogP) is 2.80. The molecule has 1 saturated heterocycles. The highest BCUT2D eigenvalue weighted by Crippen LogP contribution is 2.23. The summed E-state index contributed by atoms with van der Waals surface area (Å²) >= 11 is 0. The van der Waals surface area contributed by atoms with Crippen molar-refractivity contribution in [2.45, 2.75) is 27.2 Å². The summed E-state index contributed by atoms with van der Waals surface area (Å²) in [5, 5.41) is 0. The van der Waals surface area contributed by atoms with Crippen LogP contribution in [0.2, 0.25) is 0 Å². The minimum absolute atomic E-state index is 0.00861. The molecule has 0 spiro atoms. The Hall–Kier alpha value is -2.83. The van der Waals surface area contributed by atoms with Crippen LogP contribution in [-0.4, -0.2) is 59.6 Å². The molecule has 1 fully saturated rings. The average molecular weight is 371 g/mol. The van der Waals surface area contributed by atoms with Gasteiger partial charge in [0.25, 0.3) is 0 Å². The fraction of sp³-hybridized carbons (Fsp3) is 0.450. The van der Waals surface area contributed by atoms with Gasteiger partial charge in [-0.15, -0.1) is 0 Å². The number of piperazine rings is 1. The van der Waals surface area contributed by atoms with Gasteiger partial charge in [-0.1, -0.05) is 17.7 Å². The Morgan fingerprint density at radius 3 is 2.52 bits per heavy atom. The number of hydrogen-bond acceptors (Lipinski definition) is 5. The minimum Gasteiger partial charge on any atom is -0.450 e. The molecule has 27 heavy (non-hydrogen) atoms. The molecule has 1 aromatic carbocycles. The molecule has 0 atom stereocenters. The Labute approximate surface area is 158 Å². The first kappa shape index (κ1) is 18.9. The molecule has 0 bridgehead atoms. The van der Waals surface area contributed by atoms with E-state index < -0.39 is 0 Å². The molecule has 0 saturated carbocycles. The van der Waals surface area contributed by atoms with E-state index >= 15 is 0 Å². The topological polar surface area (TPSA) is 75.9 Å². The molecule has 1 aliphatic heterocycles. The highest BCUT2D eigenvalue weighted by Gasteiger charge is 2.26. The summed E-state index contributed by atoms with van der Waals surface area (Å²) in [4.78, 5) is 32.3. The SMILES string of the molecule is CCOC(=O)N1CCN(C(=O)Cc2nc(-c3cccc(C)c3)oc2C)CC1. The van der Waals surface area contributed by atoms with E-state index in [4.69, 9.17) is 9.15 Å². The number of oxazole rings is 1. The zero-order chi connectivity index (χ0) is 19.4. The first-order chi connectivity index (χ1) is 13.0. The third-order valence-electron chi connectivity index (χ3n) is 4.63. The quantitative estimate of drug-likeness (QED) is 0.826. The molecule has 2 aromatic rings. The van der Waals surface area contributed by atoms with Gasteiger partial charge in [0.05, 0.1) is 18.7 Å². The molecule has 0 N–H and O–H groups in total. The molecule has 0 aliphatic carbocycles. The second-order valence-electron chi connectivity index (χ2n) is 6.63. The van der Waals surface area contributed by atoms with E-state index in [-0.39, 0.29) is 18.4 Å². The number of hydrogen-bond donors (Lipinski definition) is 0. The number of nitrogens with zero attached hydrogens (tertiary/aromatic N) is 3. The number of amides is 2. The summed E-state index contributed by atoms with van der Waals surface area (Å²) in [5.41, 5.74) is 2.68. The standard InChI is InChI=1S/C20H25N3O4/c1-4-26-20(25)23-10-8-22(9-11-23)18(24)13-17-15(3)27-19(21-17)16-7-5-6-14(2)12-16/h5-7,12H,4,8-11,13H2,1-3H3. The monoisotopic (exact) mass is 371 g/mol. The van der Waals surface area contributed by atoms with Crippen molar-refractivity contribution in [1.82, 2.24) is 14.8 Å². The lowest BCUT2D eigenvalue weighted by Crippen LogP contribution is -2.51. The third kappa shape index (κ3) is 4.48. The van der Waals surface area contributed by atoms with Crippen LogP contribution >= 0.6 is 0 Å². The van der Waals surface area contributed by atoms with Gasteiger partial charge in [0.1, 0.15) is 5.76 Å². The number of benzene rings is 1. The van der Waals surface area contributed by atoms with Crippen molar-refractivity contribution in [3.63, 3.8) is 0 Å². The molecule has 0 radical (unpaired) electrons. The zero-order valence-corrected chi connectivity index (χ0v) is 16.0. The van der Waals surface area contributed by atoms with Crippen LogP contribution in [0.3, 0.4) is 0 Å². The Bertz CT molecular complexity index is 822. The molecule has 1 aromatic heterocycles. The predicted molar refractivity (Wildman–Crippen MR) is 100 cm³/mol. The fourth-order valence-electron chi connectivity index (χ4n) is 3.10. The Balaban J connectivity index is 1.61. The van der Waals surface area contributed by atoms with Crippen LogP contribution < -0.4 is 0 Å². The van der Waals surface area contributed by atoms with Crippen LogP contribution in [0.15, 0.2) is 28.7 Å². The van der Waals surface area contributed by atoms with Gasteiger partial charge >= 0.3 is 6.09 Å². The van der Waals surface area contributed by atoms with Crippen LogP contribution in [-0.2, 0) is 16.0 Å². The first-order valence-electron chi connectivity index (χ1n) is 9.20. The number of rotatable bonds is 4. The fourth-order valence-corrected chi connectivity index (χ4v) is 3.10. The molecule has 7 nitrogen and oxygen atoms in total. The molecule has 3 rings (SSSR count). The van der Waals surface area contributed by atoms with Crippen molar-refractivity contribution in [1.29, 1.82) is 0 Å². The van der Waals surface area contributed by atoms with Crippen molar-refractivity contribution in [2.24, 2.45) is 0 Å². The molecule has 2 amide bonds. The molecule has 0 unspecified atom stereocenters. The van der Waals surface area contributed by atoms with Crippen LogP contribution in [0.5, 0.6) is 0 Å². The normalized spacial score (nSPS) is 14.3. The number of aryl methyl sites for hydroxylation is 2. The van der Waals surface area contributed by atoms with Gasteiger partial charge < -0.3 is 19.0 Å². The van der Waals surface area contributed by atoms with E-state index in [2.05, 4.69) is 4.98 Å². The molecule has 2 heterocycles. The smallest absolute Gasteiger partial charge is 0.409 e. The maximum Gasteiger partial charge on any atom is 0.409 e. The zero-order valence-electron chi connectivity index (χ0n) is 16.0. The number of carbonyl (C=O) groups excluding carboxylic acids is 2. The first-order valence-corrected chi connectivity index (χ1v) is 9.20. The molecule has 1 aliphatic rings. The Morgan fingerprint density at radius 2 is 1.85 bits per heavy atom. The third-order valence-corrected chi connectivity index (χ3v) is 4.63. The lowest BCUT2D eigenvalue weighted by molar-refractivity contribution is -0.132. The molecular formula is C20H25N3O4. The van der Waals surface area contributed by atoms with Gasteiger partial charge in [0.2, 0.25) is 11.8 Å². The molecule has 7 heteroatoms. The Kier molecular flexibility index (Phi) is 5.78. The van der Waals surface area contributed by atoms with Gasteiger partial charge in [-0.25, -0.2) is 9.78 Å². The molecule has 144 valence electrons. The van der Waals surface area contributed by atoms with Crippen molar-refractivity contribution in [3.05, 3.63) is 41.3 Å². The van der Waals surface area contributed by atoms with E-state index in [9.17, 15) is 9.59 Å². The number of carbonyl (C=O) groups is 2. The van der Waals surface area contributed by atoms with Crippen molar-refractivity contribution < 1.29 is 18.7 Å².